The molecule has 0 spiro atoms. The number of ether oxygens (including phenoxy) is 1. The highest BCUT2D eigenvalue weighted by atomic mass is 32.1. The Kier molecular flexibility index (Phi) is 4.17. The number of aromatic nitrogens is 1. The molecule has 0 saturated heterocycles. The lowest BCUT2D eigenvalue weighted by molar-refractivity contribution is 0.0515. The fraction of sp³-hybridized carbons (Fsp3) is 0.467. The zero-order chi connectivity index (χ0) is 13.9. The number of aryl methyl sites for hydroxylation is 3. The molecule has 0 aliphatic heterocycles. The number of nitrogens with zero attached hydrogens (tertiary/aromatic N) is 1. The van der Waals surface area contributed by atoms with Gasteiger partial charge in [-0.1, -0.05) is 0 Å². The summed E-state index contributed by atoms with van der Waals surface area (Å²) >= 11 is 3.23. The van der Waals surface area contributed by atoms with E-state index in [4.69, 9.17) is 4.74 Å². The second-order valence-corrected chi connectivity index (χ2v) is 7.09. The molecule has 20 heavy (non-hydrogen) atoms. The summed E-state index contributed by atoms with van der Waals surface area (Å²) in [6, 6.07) is 2.03. The Hall–Kier alpha value is -1.20. The van der Waals surface area contributed by atoms with Crippen LogP contribution in [-0.4, -0.2) is 17.6 Å². The van der Waals surface area contributed by atoms with Crippen molar-refractivity contribution in [3.8, 4) is 0 Å². The highest BCUT2D eigenvalue weighted by Gasteiger charge is 2.18. The average molecular weight is 307 g/mol. The zero-order valence-electron chi connectivity index (χ0n) is 11.5. The first-order valence-electron chi connectivity index (χ1n) is 6.91. The van der Waals surface area contributed by atoms with Gasteiger partial charge < -0.3 is 4.74 Å². The SMILES string of the molecule is Cc1ncsc1CCOC(=O)c1cc2c(s1)CCCC2. The van der Waals surface area contributed by atoms with Gasteiger partial charge in [0.25, 0.3) is 0 Å². The van der Waals surface area contributed by atoms with Crippen LogP contribution in [0.2, 0.25) is 0 Å². The van der Waals surface area contributed by atoms with Crippen LogP contribution in [0.4, 0.5) is 0 Å². The van der Waals surface area contributed by atoms with Crippen LogP contribution >= 0.6 is 22.7 Å². The van der Waals surface area contributed by atoms with Crippen molar-refractivity contribution in [1.29, 1.82) is 0 Å². The second-order valence-electron chi connectivity index (χ2n) is 5.01. The molecule has 1 aliphatic rings. The van der Waals surface area contributed by atoms with E-state index in [2.05, 4.69) is 4.98 Å². The van der Waals surface area contributed by atoms with Gasteiger partial charge in [-0.25, -0.2) is 9.78 Å². The summed E-state index contributed by atoms with van der Waals surface area (Å²) in [5, 5.41) is 0. The molecule has 2 aromatic rings. The number of rotatable bonds is 4. The zero-order valence-corrected chi connectivity index (χ0v) is 13.1. The topological polar surface area (TPSA) is 39.2 Å². The van der Waals surface area contributed by atoms with E-state index in [9.17, 15) is 4.79 Å². The lowest BCUT2D eigenvalue weighted by Crippen LogP contribution is -2.06. The maximum absolute atomic E-state index is 12.1. The van der Waals surface area contributed by atoms with Gasteiger partial charge in [-0.3, -0.25) is 0 Å². The molecule has 0 bridgehead atoms. The van der Waals surface area contributed by atoms with Crippen molar-refractivity contribution in [1.82, 2.24) is 4.98 Å². The summed E-state index contributed by atoms with van der Waals surface area (Å²) < 4.78 is 5.38. The van der Waals surface area contributed by atoms with Gasteiger partial charge in [0.15, 0.2) is 0 Å². The molecule has 0 amide bonds. The van der Waals surface area contributed by atoms with E-state index in [-0.39, 0.29) is 5.97 Å². The normalized spacial score (nSPS) is 14.1. The summed E-state index contributed by atoms with van der Waals surface area (Å²) in [7, 11) is 0. The predicted molar refractivity (Wildman–Crippen MR) is 81.8 cm³/mol. The maximum Gasteiger partial charge on any atom is 0.348 e. The number of carbonyl (C=O) groups excluding carboxylic acids is 1. The van der Waals surface area contributed by atoms with Crippen LogP contribution in [0.5, 0.6) is 0 Å². The van der Waals surface area contributed by atoms with Crippen LogP contribution in [0.3, 0.4) is 0 Å². The Morgan fingerprint density at radius 3 is 3.00 bits per heavy atom. The predicted octanol–water partition coefficient (Wildman–Crippen LogP) is 3.79. The first-order valence-corrected chi connectivity index (χ1v) is 8.61. The number of thiazole rings is 1. The van der Waals surface area contributed by atoms with Gasteiger partial charge in [-0.2, -0.15) is 0 Å². The maximum atomic E-state index is 12.1. The van der Waals surface area contributed by atoms with Crippen LogP contribution < -0.4 is 0 Å². The molecule has 0 saturated carbocycles. The van der Waals surface area contributed by atoms with Gasteiger partial charge in [0.05, 0.1) is 17.8 Å². The van der Waals surface area contributed by atoms with E-state index in [0.717, 1.165) is 29.8 Å². The molecule has 0 N–H and O–H groups in total. The number of thiophene rings is 1. The van der Waals surface area contributed by atoms with Crippen LogP contribution in [0, 0.1) is 6.92 Å². The molecule has 0 aromatic carbocycles. The molecule has 0 radical (unpaired) electrons. The van der Waals surface area contributed by atoms with Gasteiger partial charge in [0, 0.05) is 16.2 Å². The number of fused-ring (bicyclic) bond motifs is 1. The monoisotopic (exact) mass is 307 g/mol. The van der Waals surface area contributed by atoms with Crippen molar-refractivity contribution < 1.29 is 9.53 Å². The van der Waals surface area contributed by atoms with Crippen LogP contribution in [0.15, 0.2) is 11.6 Å². The summed E-state index contributed by atoms with van der Waals surface area (Å²) in [4.78, 5) is 19.6. The number of hydrogen-bond donors (Lipinski definition) is 0. The third kappa shape index (κ3) is 2.94. The molecule has 1 aliphatic carbocycles. The van der Waals surface area contributed by atoms with Crippen molar-refractivity contribution in [2.45, 2.75) is 39.0 Å². The van der Waals surface area contributed by atoms with Crippen LogP contribution in [-0.2, 0) is 24.0 Å². The van der Waals surface area contributed by atoms with Crippen molar-refractivity contribution in [3.05, 3.63) is 37.5 Å². The van der Waals surface area contributed by atoms with Gasteiger partial charge >= 0.3 is 5.97 Å². The van der Waals surface area contributed by atoms with Crippen LogP contribution in [0.1, 0.15) is 43.5 Å². The van der Waals surface area contributed by atoms with E-state index in [0.29, 0.717) is 6.61 Å². The van der Waals surface area contributed by atoms with Gasteiger partial charge in [0.1, 0.15) is 4.88 Å². The molecule has 3 rings (SSSR count). The fourth-order valence-electron chi connectivity index (χ4n) is 2.46. The van der Waals surface area contributed by atoms with Gasteiger partial charge in [-0.15, -0.1) is 22.7 Å². The second kappa shape index (κ2) is 6.06. The molecule has 2 aromatic heterocycles. The Labute approximate surface area is 126 Å². The standard InChI is InChI=1S/C15H17NO2S2/c1-10-12(19-9-16-10)6-7-18-15(17)14-8-11-4-2-3-5-13(11)20-14/h8-9H,2-7H2,1H3. The summed E-state index contributed by atoms with van der Waals surface area (Å²) in [5.74, 6) is -0.174. The molecule has 3 nitrogen and oxygen atoms in total. The molecule has 106 valence electrons. The van der Waals surface area contributed by atoms with Gasteiger partial charge in [0.2, 0.25) is 0 Å². The summed E-state index contributed by atoms with van der Waals surface area (Å²) in [6.45, 7) is 2.42. The minimum atomic E-state index is -0.174. The van der Waals surface area contributed by atoms with Gasteiger partial charge in [-0.05, 0) is 44.2 Å². The first kappa shape index (κ1) is 13.8. The minimum Gasteiger partial charge on any atom is -0.461 e. The number of esters is 1. The molecular formula is C15H17NO2S2. The largest absolute Gasteiger partial charge is 0.461 e. The van der Waals surface area contributed by atoms with Crippen molar-refractivity contribution >= 4 is 28.6 Å². The molecule has 0 unspecified atom stereocenters. The number of hydrogen-bond acceptors (Lipinski definition) is 5. The Balaban J connectivity index is 1.56. The third-order valence-corrected chi connectivity index (χ3v) is 5.82. The van der Waals surface area contributed by atoms with Crippen molar-refractivity contribution in [3.63, 3.8) is 0 Å². The smallest absolute Gasteiger partial charge is 0.348 e. The molecular weight excluding hydrogens is 290 g/mol. The molecule has 0 fully saturated rings. The summed E-state index contributed by atoms with van der Waals surface area (Å²) in [5.41, 5.74) is 4.23. The summed E-state index contributed by atoms with van der Waals surface area (Å²) in [6.07, 6.45) is 5.47. The Bertz CT molecular complexity index is 592. The lowest BCUT2D eigenvalue weighted by atomic mass is 9.99. The fourth-order valence-corrected chi connectivity index (χ4v) is 4.37. The van der Waals surface area contributed by atoms with Crippen molar-refractivity contribution in [2.75, 3.05) is 6.61 Å². The highest BCUT2D eigenvalue weighted by molar-refractivity contribution is 7.14. The molecule has 2 heterocycles. The third-order valence-electron chi connectivity index (χ3n) is 3.60. The van der Waals surface area contributed by atoms with E-state index in [1.807, 2.05) is 18.5 Å². The van der Waals surface area contributed by atoms with E-state index in [1.54, 1.807) is 22.7 Å². The Morgan fingerprint density at radius 2 is 2.25 bits per heavy atom. The average Bonchev–Trinajstić information content (AvgIpc) is 3.05. The quantitative estimate of drug-likeness (QED) is 0.807. The highest BCUT2D eigenvalue weighted by Crippen LogP contribution is 2.30. The number of carbonyl (C=O) groups is 1. The van der Waals surface area contributed by atoms with Crippen molar-refractivity contribution in [2.24, 2.45) is 0 Å². The lowest BCUT2D eigenvalue weighted by Gasteiger charge is -2.08. The molecule has 5 heteroatoms. The van der Waals surface area contributed by atoms with Crippen LogP contribution in [0.25, 0.3) is 0 Å². The first-order chi connectivity index (χ1) is 9.74. The van der Waals surface area contributed by atoms with E-state index < -0.39 is 0 Å². The minimum absolute atomic E-state index is 0.174. The van der Waals surface area contributed by atoms with E-state index in [1.165, 1.54) is 28.2 Å². The molecule has 0 atom stereocenters. The van der Waals surface area contributed by atoms with E-state index >= 15 is 0 Å². The Morgan fingerprint density at radius 1 is 1.40 bits per heavy atom.